The maximum atomic E-state index is 13.6. The van der Waals surface area contributed by atoms with Crippen LogP contribution in [0.5, 0.6) is 0 Å². The molecule has 94 valence electrons. The van der Waals surface area contributed by atoms with Crippen molar-refractivity contribution in [3.63, 3.8) is 0 Å². The summed E-state index contributed by atoms with van der Waals surface area (Å²) in [7, 11) is 0. The molecule has 0 radical (unpaired) electrons. The van der Waals surface area contributed by atoms with Crippen molar-refractivity contribution in [1.29, 1.82) is 0 Å². The molecule has 18 heavy (non-hydrogen) atoms. The van der Waals surface area contributed by atoms with Gasteiger partial charge in [-0.05, 0) is 53.5 Å². The molecule has 0 aliphatic heterocycles. The Morgan fingerprint density at radius 1 is 1.06 bits per heavy atom. The standard InChI is InChI=1S/C15H15BrFN/c1-10-4-6-14(17)12(7-10)9-18-15-8-11(2)3-5-13(15)16/h3-8,18H,9H2,1-2H3. The van der Waals surface area contributed by atoms with Gasteiger partial charge in [-0.25, -0.2) is 4.39 Å². The highest BCUT2D eigenvalue weighted by molar-refractivity contribution is 9.10. The zero-order valence-corrected chi connectivity index (χ0v) is 12.0. The molecule has 0 spiro atoms. The normalized spacial score (nSPS) is 10.4. The first kappa shape index (κ1) is 13.1. The van der Waals surface area contributed by atoms with Crippen LogP contribution in [0.3, 0.4) is 0 Å². The van der Waals surface area contributed by atoms with Crippen molar-refractivity contribution in [3.05, 3.63) is 63.4 Å². The van der Waals surface area contributed by atoms with Crippen LogP contribution < -0.4 is 5.32 Å². The molecule has 0 aliphatic rings. The SMILES string of the molecule is Cc1ccc(F)c(CNc2cc(C)ccc2Br)c1. The van der Waals surface area contributed by atoms with Crippen molar-refractivity contribution in [2.24, 2.45) is 0 Å². The van der Waals surface area contributed by atoms with E-state index in [9.17, 15) is 4.39 Å². The maximum Gasteiger partial charge on any atom is 0.128 e. The minimum absolute atomic E-state index is 0.170. The Bertz CT molecular complexity index is 515. The second kappa shape index (κ2) is 5.53. The first-order valence-corrected chi connectivity index (χ1v) is 6.60. The van der Waals surface area contributed by atoms with Gasteiger partial charge in [0.1, 0.15) is 5.82 Å². The number of nitrogens with one attached hydrogen (secondary N) is 1. The van der Waals surface area contributed by atoms with Gasteiger partial charge < -0.3 is 5.32 Å². The van der Waals surface area contributed by atoms with E-state index in [4.69, 9.17) is 0 Å². The molecule has 0 aliphatic carbocycles. The minimum atomic E-state index is -0.170. The van der Waals surface area contributed by atoms with Gasteiger partial charge in [0.2, 0.25) is 0 Å². The molecule has 0 fully saturated rings. The number of aryl methyl sites for hydroxylation is 2. The van der Waals surface area contributed by atoms with E-state index in [2.05, 4.69) is 21.2 Å². The molecule has 0 heterocycles. The van der Waals surface area contributed by atoms with Gasteiger partial charge in [0.25, 0.3) is 0 Å². The van der Waals surface area contributed by atoms with E-state index in [1.165, 1.54) is 11.6 Å². The second-order valence-corrected chi connectivity index (χ2v) is 5.29. The van der Waals surface area contributed by atoms with E-state index in [1.54, 1.807) is 6.07 Å². The quantitative estimate of drug-likeness (QED) is 0.857. The van der Waals surface area contributed by atoms with Crippen LogP contribution in [0.4, 0.5) is 10.1 Å². The molecule has 2 aromatic carbocycles. The third-order valence-electron chi connectivity index (χ3n) is 2.79. The first-order valence-electron chi connectivity index (χ1n) is 5.81. The Morgan fingerprint density at radius 3 is 2.50 bits per heavy atom. The second-order valence-electron chi connectivity index (χ2n) is 4.43. The molecule has 0 atom stereocenters. The van der Waals surface area contributed by atoms with Gasteiger partial charge >= 0.3 is 0 Å². The number of benzene rings is 2. The monoisotopic (exact) mass is 307 g/mol. The predicted octanol–water partition coefficient (Wildman–Crippen LogP) is 4.82. The van der Waals surface area contributed by atoms with Gasteiger partial charge in [0.05, 0.1) is 0 Å². The Labute approximate surface area is 115 Å². The predicted molar refractivity (Wildman–Crippen MR) is 77.3 cm³/mol. The molecule has 0 saturated carbocycles. The van der Waals surface area contributed by atoms with Crippen molar-refractivity contribution in [3.8, 4) is 0 Å². The van der Waals surface area contributed by atoms with Gasteiger partial charge in [-0.2, -0.15) is 0 Å². The van der Waals surface area contributed by atoms with Gasteiger partial charge in [-0.3, -0.25) is 0 Å². The molecule has 2 rings (SSSR count). The molecule has 0 unspecified atom stereocenters. The summed E-state index contributed by atoms with van der Waals surface area (Å²) in [5.74, 6) is -0.170. The van der Waals surface area contributed by atoms with Crippen molar-refractivity contribution in [1.82, 2.24) is 0 Å². The number of hydrogen-bond acceptors (Lipinski definition) is 1. The fourth-order valence-corrected chi connectivity index (χ4v) is 2.19. The van der Waals surface area contributed by atoms with E-state index in [1.807, 2.05) is 38.1 Å². The Balaban J connectivity index is 2.16. The fourth-order valence-electron chi connectivity index (χ4n) is 1.80. The van der Waals surface area contributed by atoms with Crippen molar-refractivity contribution in [2.75, 3.05) is 5.32 Å². The molecule has 0 aromatic heterocycles. The number of rotatable bonds is 3. The van der Waals surface area contributed by atoms with E-state index in [0.29, 0.717) is 12.1 Å². The lowest BCUT2D eigenvalue weighted by Gasteiger charge is -2.10. The molecule has 2 aromatic rings. The maximum absolute atomic E-state index is 13.6. The molecule has 1 N–H and O–H groups in total. The summed E-state index contributed by atoms with van der Waals surface area (Å²) in [6.07, 6.45) is 0. The lowest BCUT2D eigenvalue weighted by Crippen LogP contribution is -2.03. The summed E-state index contributed by atoms with van der Waals surface area (Å²) in [6.45, 7) is 4.48. The van der Waals surface area contributed by atoms with E-state index < -0.39 is 0 Å². The molecular weight excluding hydrogens is 293 g/mol. The third-order valence-corrected chi connectivity index (χ3v) is 3.48. The highest BCUT2D eigenvalue weighted by atomic mass is 79.9. The van der Waals surface area contributed by atoms with Crippen molar-refractivity contribution >= 4 is 21.6 Å². The van der Waals surface area contributed by atoms with Crippen molar-refractivity contribution in [2.45, 2.75) is 20.4 Å². The minimum Gasteiger partial charge on any atom is -0.380 e. The topological polar surface area (TPSA) is 12.0 Å². The highest BCUT2D eigenvalue weighted by Crippen LogP contribution is 2.24. The zero-order valence-electron chi connectivity index (χ0n) is 10.4. The number of halogens is 2. The summed E-state index contributed by atoms with van der Waals surface area (Å²) in [6, 6.07) is 11.2. The third kappa shape index (κ3) is 3.10. The first-order chi connectivity index (χ1) is 8.56. The van der Waals surface area contributed by atoms with E-state index in [-0.39, 0.29) is 5.82 Å². The van der Waals surface area contributed by atoms with Crippen LogP contribution >= 0.6 is 15.9 Å². The van der Waals surface area contributed by atoms with Crippen LogP contribution in [-0.4, -0.2) is 0 Å². The summed E-state index contributed by atoms with van der Waals surface area (Å²) in [4.78, 5) is 0. The number of hydrogen-bond donors (Lipinski definition) is 1. The summed E-state index contributed by atoms with van der Waals surface area (Å²) in [5, 5.41) is 3.25. The molecule has 1 nitrogen and oxygen atoms in total. The van der Waals surface area contributed by atoms with Gasteiger partial charge in [-0.15, -0.1) is 0 Å². The molecule has 3 heteroatoms. The van der Waals surface area contributed by atoms with E-state index in [0.717, 1.165) is 15.7 Å². The summed E-state index contributed by atoms with van der Waals surface area (Å²) < 4.78 is 14.6. The Morgan fingerprint density at radius 2 is 1.72 bits per heavy atom. The van der Waals surface area contributed by atoms with Crippen LogP contribution in [0.1, 0.15) is 16.7 Å². The Hall–Kier alpha value is -1.35. The fraction of sp³-hybridized carbons (Fsp3) is 0.200. The molecule has 0 saturated heterocycles. The highest BCUT2D eigenvalue weighted by Gasteiger charge is 2.04. The molecular formula is C15H15BrFN. The van der Waals surface area contributed by atoms with Crippen LogP contribution in [-0.2, 0) is 6.54 Å². The van der Waals surface area contributed by atoms with E-state index >= 15 is 0 Å². The smallest absolute Gasteiger partial charge is 0.128 e. The zero-order chi connectivity index (χ0) is 13.1. The van der Waals surface area contributed by atoms with Crippen LogP contribution in [0.25, 0.3) is 0 Å². The average molecular weight is 308 g/mol. The lowest BCUT2D eigenvalue weighted by atomic mass is 10.1. The van der Waals surface area contributed by atoms with Crippen molar-refractivity contribution < 1.29 is 4.39 Å². The molecule has 0 amide bonds. The summed E-state index contributed by atoms with van der Waals surface area (Å²) >= 11 is 3.48. The number of anilines is 1. The molecule has 0 bridgehead atoms. The van der Waals surface area contributed by atoms with Crippen LogP contribution in [0.2, 0.25) is 0 Å². The van der Waals surface area contributed by atoms with Crippen LogP contribution in [0.15, 0.2) is 40.9 Å². The average Bonchev–Trinajstić information content (AvgIpc) is 2.34. The Kier molecular flexibility index (Phi) is 4.02. The van der Waals surface area contributed by atoms with Gasteiger partial charge in [0, 0.05) is 22.3 Å². The van der Waals surface area contributed by atoms with Gasteiger partial charge in [0.15, 0.2) is 0 Å². The summed E-state index contributed by atoms with van der Waals surface area (Å²) in [5.41, 5.74) is 3.90. The van der Waals surface area contributed by atoms with Crippen LogP contribution in [0, 0.1) is 19.7 Å². The van der Waals surface area contributed by atoms with Gasteiger partial charge in [-0.1, -0.05) is 23.8 Å². The lowest BCUT2D eigenvalue weighted by molar-refractivity contribution is 0.612. The largest absolute Gasteiger partial charge is 0.380 e.